The van der Waals surface area contributed by atoms with Gasteiger partial charge in [-0.25, -0.2) is 4.98 Å². The van der Waals surface area contributed by atoms with Gasteiger partial charge >= 0.3 is 0 Å². The minimum Gasteiger partial charge on any atom is -0.372 e. The maximum absolute atomic E-state index is 4.82. The molecule has 25 heavy (non-hydrogen) atoms. The second kappa shape index (κ2) is 6.01. The van der Waals surface area contributed by atoms with E-state index in [4.69, 9.17) is 4.98 Å². The molecular formula is C20H18N4S. The molecule has 124 valence electrons. The molecule has 1 N–H and O–H groups in total. The summed E-state index contributed by atoms with van der Waals surface area (Å²) in [4.78, 5) is 7.27. The van der Waals surface area contributed by atoms with Crippen molar-refractivity contribution in [3.63, 3.8) is 0 Å². The van der Waals surface area contributed by atoms with Gasteiger partial charge in [0.25, 0.3) is 0 Å². The molecule has 4 aromatic rings. The molecule has 4 nitrogen and oxygen atoms in total. The zero-order chi connectivity index (χ0) is 16.6. The van der Waals surface area contributed by atoms with Gasteiger partial charge in [0.1, 0.15) is 10.7 Å². The van der Waals surface area contributed by atoms with E-state index >= 15 is 0 Å². The number of rotatable bonds is 3. The van der Waals surface area contributed by atoms with Gasteiger partial charge in [-0.2, -0.15) is 5.10 Å². The Morgan fingerprint density at radius 2 is 1.76 bits per heavy atom. The predicted molar refractivity (Wildman–Crippen MR) is 104 cm³/mol. The van der Waals surface area contributed by atoms with E-state index in [-0.39, 0.29) is 0 Å². The minimum absolute atomic E-state index is 0.931. The van der Waals surface area contributed by atoms with Crippen LogP contribution in [0.4, 0.5) is 5.69 Å². The maximum atomic E-state index is 4.82. The molecule has 0 bridgehead atoms. The van der Waals surface area contributed by atoms with Crippen molar-refractivity contribution in [3.8, 4) is 22.0 Å². The molecule has 1 fully saturated rings. The van der Waals surface area contributed by atoms with Gasteiger partial charge in [-0.05, 0) is 31.0 Å². The zero-order valence-corrected chi connectivity index (χ0v) is 14.6. The van der Waals surface area contributed by atoms with Crippen LogP contribution in [0.3, 0.4) is 0 Å². The fraction of sp³-hybridized carbons (Fsp3) is 0.200. The van der Waals surface area contributed by atoms with Gasteiger partial charge < -0.3 is 4.90 Å². The van der Waals surface area contributed by atoms with Crippen molar-refractivity contribution in [3.05, 3.63) is 53.9 Å². The highest BCUT2D eigenvalue weighted by molar-refractivity contribution is 7.13. The Morgan fingerprint density at radius 3 is 2.60 bits per heavy atom. The van der Waals surface area contributed by atoms with Gasteiger partial charge in [0.05, 0.1) is 11.2 Å². The monoisotopic (exact) mass is 346 g/mol. The molecule has 0 amide bonds. The number of fused-ring (bicyclic) bond motifs is 1. The lowest BCUT2D eigenvalue weighted by molar-refractivity contribution is 0.949. The number of thiazole rings is 1. The zero-order valence-electron chi connectivity index (χ0n) is 13.8. The van der Waals surface area contributed by atoms with Gasteiger partial charge in [0.15, 0.2) is 0 Å². The highest BCUT2D eigenvalue weighted by Gasteiger charge is 2.14. The molecular weight excluding hydrogens is 328 g/mol. The minimum atomic E-state index is 0.931. The SMILES string of the molecule is c1ccc2c(-c3nc(-c4ccc(N5CCCC5)cc4)cs3)n[nH]c2c1. The summed E-state index contributed by atoms with van der Waals surface area (Å²) in [7, 11) is 0. The standard InChI is InChI=1S/C20H18N4S/c1-2-6-17-16(5-1)19(23-22-17)20-21-18(13-25-20)14-7-9-15(10-8-14)24-11-3-4-12-24/h1-2,5-10,13H,3-4,11-12H2,(H,22,23). The molecule has 0 unspecified atom stereocenters. The normalized spacial score (nSPS) is 14.5. The summed E-state index contributed by atoms with van der Waals surface area (Å²) in [5, 5.41) is 11.7. The van der Waals surface area contributed by atoms with E-state index in [9.17, 15) is 0 Å². The van der Waals surface area contributed by atoms with Gasteiger partial charge in [-0.1, -0.05) is 30.3 Å². The number of nitrogens with one attached hydrogen (secondary N) is 1. The van der Waals surface area contributed by atoms with Crippen molar-refractivity contribution in [1.82, 2.24) is 15.2 Å². The number of benzene rings is 2. The van der Waals surface area contributed by atoms with Gasteiger partial charge in [0, 0.05) is 35.1 Å². The second-order valence-electron chi connectivity index (χ2n) is 6.40. The lowest BCUT2D eigenvalue weighted by Crippen LogP contribution is -2.17. The molecule has 0 spiro atoms. The number of hydrogen-bond donors (Lipinski definition) is 1. The highest BCUT2D eigenvalue weighted by Crippen LogP contribution is 2.32. The summed E-state index contributed by atoms with van der Waals surface area (Å²) in [5.41, 5.74) is 5.46. The van der Waals surface area contributed by atoms with Crippen LogP contribution in [0.1, 0.15) is 12.8 Å². The van der Waals surface area contributed by atoms with E-state index < -0.39 is 0 Å². The molecule has 5 rings (SSSR count). The number of aromatic nitrogens is 3. The first-order valence-corrected chi connectivity index (χ1v) is 9.51. The molecule has 0 radical (unpaired) electrons. The molecule has 5 heteroatoms. The number of aromatic amines is 1. The summed E-state index contributed by atoms with van der Waals surface area (Å²) >= 11 is 1.64. The van der Waals surface area contributed by atoms with Crippen LogP contribution in [0.25, 0.3) is 32.9 Å². The van der Waals surface area contributed by atoms with Gasteiger partial charge in [-0.15, -0.1) is 11.3 Å². The van der Waals surface area contributed by atoms with Crippen molar-refractivity contribution >= 4 is 27.9 Å². The summed E-state index contributed by atoms with van der Waals surface area (Å²) in [6, 6.07) is 16.9. The predicted octanol–water partition coefficient (Wildman–Crippen LogP) is 4.95. The molecule has 2 aromatic heterocycles. The summed E-state index contributed by atoms with van der Waals surface area (Å²) in [5.74, 6) is 0. The van der Waals surface area contributed by atoms with Crippen LogP contribution in [-0.2, 0) is 0 Å². The smallest absolute Gasteiger partial charge is 0.145 e. The molecule has 1 aliphatic rings. The number of anilines is 1. The molecule has 1 aliphatic heterocycles. The second-order valence-corrected chi connectivity index (χ2v) is 7.25. The van der Waals surface area contributed by atoms with Crippen molar-refractivity contribution in [2.24, 2.45) is 0 Å². The number of nitrogens with zero attached hydrogens (tertiary/aromatic N) is 3. The Morgan fingerprint density at radius 1 is 0.960 bits per heavy atom. The lowest BCUT2D eigenvalue weighted by Gasteiger charge is -2.17. The third-order valence-electron chi connectivity index (χ3n) is 4.81. The van der Waals surface area contributed by atoms with Crippen LogP contribution in [0.15, 0.2) is 53.9 Å². The summed E-state index contributed by atoms with van der Waals surface area (Å²) in [6.07, 6.45) is 2.60. The van der Waals surface area contributed by atoms with Crippen LogP contribution >= 0.6 is 11.3 Å². The Balaban J connectivity index is 1.46. The Hall–Kier alpha value is -2.66. The van der Waals surface area contributed by atoms with E-state index in [1.807, 2.05) is 18.2 Å². The van der Waals surface area contributed by atoms with E-state index in [2.05, 4.69) is 50.8 Å². The fourth-order valence-electron chi connectivity index (χ4n) is 3.46. The Labute approximate surface area is 150 Å². The largest absolute Gasteiger partial charge is 0.372 e. The number of para-hydroxylation sites is 1. The van der Waals surface area contributed by atoms with Crippen molar-refractivity contribution in [2.45, 2.75) is 12.8 Å². The van der Waals surface area contributed by atoms with Crippen LogP contribution in [0, 0.1) is 0 Å². The van der Waals surface area contributed by atoms with E-state index in [0.717, 1.165) is 32.9 Å². The fourth-order valence-corrected chi connectivity index (χ4v) is 4.29. The average molecular weight is 346 g/mol. The van der Waals surface area contributed by atoms with Gasteiger partial charge in [-0.3, -0.25) is 5.10 Å². The third kappa shape index (κ3) is 2.61. The molecule has 0 atom stereocenters. The molecule has 2 aromatic carbocycles. The van der Waals surface area contributed by atoms with Crippen molar-refractivity contribution < 1.29 is 0 Å². The quantitative estimate of drug-likeness (QED) is 0.570. The lowest BCUT2D eigenvalue weighted by atomic mass is 10.1. The topological polar surface area (TPSA) is 44.8 Å². The highest BCUT2D eigenvalue weighted by atomic mass is 32.1. The maximum Gasteiger partial charge on any atom is 0.145 e. The first-order valence-electron chi connectivity index (χ1n) is 8.63. The first-order chi connectivity index (χ1) is 12.4. The van der Waals surface area contributed by atoms with Crippen LogP contribution < -0.4 is 4.90 Å². The van der Waals surface area contributed by atoms with Crippen LogP contribution in [0.2, 0.25) is 0 Å². The Kier molecular flexibility index (Phi) is 3.52. The first kappa shape index (κ1) is 14.7. The third-order valence-corrected chi connectivity index (χ3v) is 5.66. The summed E-state index contributed by atoms with van der Waals surface area (Å²) < 4.78 is 0. The van der Waals surface area contributed by atoms with Crippen molar-refractivity contribution in [1.29, 1.82) is 0 Å². The van der Waals surface area contributed by atoms with Gasteiger partial charge in [0.2, 0.25) is 0 Å². The average Bonchev–Trinajstić information content (AvgIpc) is 3.41. The molecule has 1 saturated heterocycles. The van der Waals surface area contributed by atoms with Crippen LogP contribution in [0.5, 0.6) is 0 Å². The van der Waals surface area contributed by atoms with Crippen molar-refractivity contribution in [2.75, 3.05) is 18.0 Å². The number of hydrogen-bond acceptors (Lipinski definition) is 4. The van der Waals surface area contributed by atoms with Crippen LogP contribution in [-0.4, -0.2) is 28.3 Å². The summed E-state index contributed by atoms with van der Waals surface area (Å²) in [6.45, 7) is 2.35. The van der Waals surface area contributed by atoms with E-state index in [0.29, 0.717) is 0 Å². The Bertz CT molecular complexity index is 1010. The number of H-pyrrole nitrogens is 1. The molecule has 3 heterocycles. The molecule has 0 aliphatic carbocycles. The van der Waals surface area contributed by atoms with E-state index in [1.165, 1.54) is 31.6 Å². The molecule has 0 saturated carbocycles. The van der Waals surface area contributed by atoms with E-state index in [1.54, 1.807) is 11.3 Å².